The highest BCUT2D eigenvalue weighted by Gasteiger charge is 2.39. The van der Waals surface area contributed by atoms with Crippen molar-refractivity contribution in [1.82, 2.24) is 15.2 Å². The largest absolute Gasteiger partial charge is 0.461 e. The predicted molar refractivity (Wildman–Crippen MR) is 111 cm³/mol. The number of nitrogens with zero attached hydrogens (tertiary/aromatic N) is 3. The molecule has 2 aliphatic heterocycles. The molecule has 0 saturated carbocycles. The number of para-hydroxylation sites is 1. The Morgan fingerprint density at radius 2 is 1.93 bits per heavy atom. The van der Waals surface area contributed by atoms with Crippen molar-refractivity contribution in [3.63, 3.8) is 0 Å². The highest BCUT2D eigenvalue weighted by atomic mass is 16.3. The molecule has 1 aromatic heterocycles. The van der Waals surface area contributed by atoms with Gasteiger partial charge in [-0.15, -0.1) is 0 Å². The molecule has 1 aromatic carbocycles. The Morgan fingerprint density at radius 3 is 2.73 bits per heavy atom. The lowest BCUT2D eigenvalue weighted by Crippen LogP contribution is -2.50. The zero-order valence-electron chi connectivity index (χ0n) is 16.6. The number of rotatable bonds is 5. The van der Waals surface area contributed by atoms with Gasteiger partial charge in [0.05, 0.1) is 12.5 Å². The summed E-state index contributed by atoms with van der Waals surface area (Å²) in [4.78, 5) is 40.4. The van der Waals surface area contributed by atoms with E-state index >= 15 is 0 Å². The van der Waals surface area contributed by atoms with Crippen molar-refractivity contribution in [3.8, 4) is 0 Å². The Bertz CT molecular complexity index is 952. The number of primary amides is 1. The van der Waals surface area contributed by atoms with Gasteiger partial charge in [-0.3, -0.25) is 9.59 Å². The van der Waals surface area contributed by atoms with Gasteiger partial charge in [0, 0.05) is 24.7 Å². The first kappa shape index (κ1) is 19.9. The van der Waals surface area contributed by atoms with Crippen LogP contribution in [0.4, 0.5) is 4.79 Å². The van der Waals surface area contributed by atoms with E-state index in [-0.39, 0.29) is 24.3 Å². The number of hydrazone groups is 1. The van der Waals surface area contributed by atoms with E-state index in [0.29, 0.717) is 25.3 Å². The number of likely N-dealkylation sites (tertiary alicyclic amines) is 2. The molecule has 2 fully saturated rings. The van der Waals surface area contributed by atoms with E-state index in [2.05, 4.69) is 10.5 Å². The lowest BCUT2D eigenvalue weighted by Gasteiger charge is -2.30. The monoisotopic (exact) mass is 411 g/mol. The van der Waals surface area contributed by atoms with Crippen molar-refractivity contribution in [3.05, 3.63) is 36.1 Å². The van der Waals surface area contributed by atoms with Crippen molar-refractivity contribution < 1.29 is 18.8 Å². The second kappa shape index (κ2) is 8.56. The first-order valence-corrected chi connectivity index (χ1v) is 10.2. The molecule has 2 saturated heterocycles. The van der Waals surface area contributed by atoms with E-state index in [1.165, 1.54) is 6.21 Å². The number of nitrogens with one attached hydrogen (secondary N) is 1. The van der Waals surface area contributed by atoms with Gasteiger partial charge in [-0.2, -0.15) is 5.10 Å². The van der Waals surface area contributed by atoms with Gasteiger partial charge in [0.25, 0.3) is 0 Å². The number of furan rings is 1. The summed E-state index contributed by atoms with van der Waals surface area (Å²) in [5.74, 6) is 0.422. The highest BCUT2D eigenvalue weighted by Crippen LogP contribution is 2.26. The van der Waals surface area contributed by atoms with Crippen LogP contribution in [0.3, 0.4) is 0 Å². The summed E-state index contributed by atoms with van der Waals surface area (Å²) in [6.07, 6.45) is 4.70. The molecule has 2 atom stereocenters. The van der Waals surface area contributed by atoms with Crippen LogP contribution in [0.2, 0.25) is 0 Å². The van der Waals surface area contributed by atoms with E-state index in [1.807, 2.05) is 30.3 Å². The molecule has 2 aliphatic rings. The first-order chi connectivity index (χ1) is 14.5. The number of fused-ring (bicyclic) bond motifs is 1. The Morgan fingerprint density at radius 1 is 1.17 bits per heavy atom. The maximum atomic E-state index is 13.2. The number of carbonyl (C=O) groups is 3. The fraction of sp³-hybridized carbons (Fsp3) is 0.429. The van der Waals surface area contributed by atoms with Crippen LogP contribution in [0.5, 0.6) is 0 Å². The molecule has 9 nitrogen and oxygen atoms in total. The third-order valence-electron chi connectivity index (χ3n) is 5.66. The lowest BCUT2D eigenvalue weighted by molar-refractivity contribution is -0.143. The maximum Gasteiger partial charge on any atom is 0.332 e. The molecule has 0 spiro atoms. The lowest BCUT2D eigenvalue weighted by atomic mass is 10.1. The summed E-state index contributed by atoms with van der Waals surface area (Å²) in [7, 11) is 0. The SMILES string of the molecule is NC(=O)NN=C[C@@H]1CCCN1C(=O)[C@@H]1CCCN1C(=O)Cc1cc2ccccc2o1. The number of hydrogen-bond acceptors (Lipinski definition) is 5. The normalized spacial score (nSPS) is 21.6. The van der Waals surface area contributed by atoms with Crippen molar-refractivity contribution in [1.29, 1.82) is 0 Å². The molecule has 0 unspecified atom stereocenters. The summed E-state index contributed by atoms with van der Waals surface area (Å²) in [5, 5.41) is 4.76. The van der Waals surface area contributed by atoms with Gasteiger partial charge in [-0.1, -0.05) is 18.2 Å². The zero-order valence-corrected chi connectivity index (χ0v) is 16.6. The van der Waals surface area contributed by atoms with E-state index in [4.69, 9.17) is 10.2 Å². The molecule has 3 heterocycles. The average Bonchev–Trinajstić information content (AvgIpc) is 3.45. The average molecular weight is 411 g/mol. The van der Waals surface area contributed by atoms with Gasteiger partial charge in [-0.25, -0.2) is 10.2 Å². The van der Waals surface area contributed by atoms with Crippen LogP contribution in [0, 0.1) is 0 Å². The van der Waals surface area contributed by atoms with Crippen LogP contribution in [-0.2, 0) is 16.0 Å². The maximum absolute atomic E-state index is 13.2. The van der Waals surface area contributed by atoms with Crippen LogP contribution < -0.4 is 11.2 Å². The summed E-state index contributed by atoms with van der Waals surface area (Å²) < 4.78 is 5.77. The molecule has 0 radical (unpaired) electrons. The molecular weight excluding hydrogens is 386 g/mol. The first-order valence-electron chi connectivity index (χ1n) is 10.2. The van der Waals surface area contributed by atoms with Crippen LogP contribution in [-0.4, -0.2) is 59.0 Å². The van der Waals surface area contributed by atoms with Gasteiger partial charge < -0.3 is 20.0 Å². The summed E-state index contributed by atoms with van der Waals surface area (Å²) in [5.41, 5.74) is 7.92. The van der Waals surface area contributed by atoms with Crippen molar-refractivity contribution in [2.45, 2.75) is 44.2 Å². The van der Waals surface area contributed by atoms with E-state index in [0.717, 1.165) is 30.2 Å². The minimum atomic E-state index is -0.750. The molecule has 30 heavy (non-hydrogen) atoms. The fourth-order valence-electron chi connectivity index (χ4n) is 4.30. The molecule has 0 bridgehead atoms. The molecule has 2 aromatic rings. The minimum absolute atomic E-state index is 0.0709. The van der Waals surface area contributed by atoms with E-state index in [9.17, 15) is 14.4 Å². The zero-order chi connectivity index (χ0) is 21.1. The number of benzene rings is 1. The van der Waals surface area contributed by atoms with Gasteiger partial charge in [0.2, 0.25) is 11.8 Å². The Balaban J connectivity index is 1.43. The minimum Gasteiger partial charge on any atom is -0.461 e. The van der Waals surface area contributed by atoms with E-state index < -0.39 is 12.1 Å². The highest BCUT2D eigenvalue weighted by molar-refractivity contribution is 5.91. The molecular formula is C21H25N5O4. The number of urea groups is 1. The number of carbonyl (C=O) groups excluding carboxylic acids is 3. The molecule has 158 valence electrons. The van der Waals surface area contributed by atoms with Gasteiger partial charge >= 0.3 is 6.03 Å². The van der Waals surface area contributed by atoms with Crippen LogP contribution in [0.15, 0.2) is 39.9 Å². The van der Waals surface area contributed by atoms with Gasteiger partial charge in [-0.05, 0) is 37.8 Å². The van der Waals surface area contributed by atoms with E-state index in [1.54, 1.807) is 9.80 Å². The third-order valence-corrected chi connectivity index (χ3v) is 5.66. The van der Waals surface area contributed by atoms with Gasteiger partial charge in [0.1, 0.15) is 17.4 Å². The van der Waals surface area contributed by atoms with Crippen LogP contribution >= 0.6 is 0 Å². The fourth-order valence-corrected chi connectivity index (χ4v) is 4.30. The van der Waals surface area contributed by atoms with Crippen molar-refractivity contribution in [2.24, 2.45) is 10.8 Å². The second-order valence-electron chi connectivity index (χ2n) is 7.67. The Labute approximate surface area is 173 Å². The summed E-state index contributed by atoms with van der Waals surface area (Å²) >= 11 is 0. The predicted octanol–water partition coefficient (Wildman–Crippen LogP) is 1.61. The summed E-state index contributed by atoms with van der Waals surface area (Å²) in [6, 6.07) is 8.07. The smallest absolute Gasteiger partial charge is 0.332 e. The molecule has 4 rings (SSSR count). The van der Waals surface area contributed by atoms with Crippen LogP contribution in [0.1, 0.15) is 31.4 Å². The number of hydrogen-bond donors (Lipinski definition) is 2. The molecule has 4 amide bonds. The van der Waals surface area contributed by atoms with Crippen molar-refractivity contribution in [2.75, 3.05) is 13.1 Å². The second-order valence-corrected chi connectivity index (χ2v) is 7.67. The topological polar surface area (TPSA) is 121 Å². The van der Waals surface area contributed by atoms with Crippen LogP contribution in [0.25, 0.3) is 11.0 Å². The summed E-state index contributed by atoms with van der Waals surface area (Å²) in [6.45, 7) is 1.17. The number of amides is 4. The Kier molecular flexibility index (Phi) is 5.69. The third kappa shape index (κ3) is 4.14. The molecule has 3 N–H and O–H groups in total. The number of nitrogens with two attached hydrogens (primary N) is 1. The van der Waals surface area contributed by atoms with Crippen molar-refractivity contribution >= 4 is 35.0 Å². The standard InChI is InChI=1S/C21H25N5O4/c22-21(29)24-23-13-15-6-3-9-25(15)20(28)17-7-4-10-26(17)19(27)12-16-11-14-5-1-2-8-18(14)30-16/h1-2,5,8,11,13,15,17H,3-4,6-7,9-10,12H2,(H3,22,24,29)/t15-,17-/m0/s1. The molecule has 9 heteroatoms. The molecule has 0 aliphatic carbocycles. The Hall–Kier alpha value is -3.36. The quantitative estimate of drug-likeness (QED) is 0.573. The van der Waals surface area contributed by atoms with Gasteiger partial charge in [0.15, 0.2) is 0 Å².